The van der Waals surface area contributed by atoms with E-state index in [1.54, 1.807) is 20.8 Å². The minimum atomic E-state index is -2.02. The number of esters is 1. The average molecular weight is 416 g/mol. The zero-order valence-electron chi connectivity index (χ0n) is 17.9. The van der Waals surface area contributed by atoms with E-state index in [2.05, 4.69) is 33.9 Å². The van der Waals surface area contributed by atoms with Crippen LogP contribution < -0.4 is 0 Å². The van der Waals surface area contributed by atoms with Gasteiger partial charge in [0.25, 0.3) is 0 Å². The Morgan fingerprint density at radius 1 is 1.26 bits per heavy atom. The quantitative estimate of drug-likeness (QED) is 0.421. The number of rotatable bonds is 5. The van der Waals surface area contributed by atoms with Gasteiger partial charge in [0.1, 0.15) is 16.7 Å². The first kappa shape index (κ1) is 22.5. The fraction of sp³-hybridized carbons (Fsp3) is 0.789. The molecule has 1 fully saturated rings. The summed E-state index contributed by atoms with van der Waals surface area (Å²) < 4.78 is 11.8. The van der Waals surface area contributed by atoms with Crippen LogP contribution in [0.1, 0.15) is 48.5 Å². The summed E-state index contributed by atoms with van der Waals surface area (Å²) in [5, 5.41) is 9.53. The van der Waals surface area contributed by atoms with Crippen LogP contribution in [0.3, 0.4) is 0 Å². The Balaban J connectivity index is 2.17. The highest BCUT2D eigenvalue weighted by Crippen LogP contribution is 2.51. The molecule has 2 unspecified atom stereocenters. The lowest BCUT2D eigenvalue weighted by molar-refractivity contribution is -0.162. The van der Waals surface area contributed by atoms with Crippen molar-refractivity contribution in [2.45, 2.75) is 83.7 Å². The molecule has 3 atom stereocenters. The van der Waals surface area contributed by atoms with Crippen molar-refractivity contribution >= 4 is 32.0 Å². The molecule has 0 spiro atoms. The first-order valence-electron chi connectivity index (χ1n) is 9.35. The molecule has 1 saturated heterocycles. The number of aliphatic hydroxyl groups is 1. The summed E-state index contributed by atoms with van der Waals surface area (Å²) in [5.41, 5.74) is -0.484. The molecule has 1 N–H and O–H groups in total. The zero-order valence-corrected chi connectivity index (χ0v) is 19.7. The Hall–Kier alpha value is -0.833. The van der Waals surface area contributed by atoms with Crippen molar-refractivity contribution in [1.29, 1.82) is 0 Å². The van der Waals surface area contributed by atoms with Crippen molar-refractivity contribution in [2.75, 3.05) is 6.61 Å². The SMILES string of the molecule is C[C@@H](O[Si](C)(C)C(C)(C)C)C1C(=O)N2C(C(=O)OC(C)(C)C)=C(CO)SC12. The van der Waals surface area contributed by atoms with Crippen molar-refractivity contribution in [1.82, 2.24) is 4.90 Å². The summed E-state index contributed by atoms with van der Waals surface area (Å²) in [6.07, 6.45) is -0.245. The van der Waals surface area contributed by atoms with Crippen LogP contribution >= 0.6 is 11.8 Å². The van der Waals surface area contributed by atoms with Crippen LogP contribution in [0.15, 0.2) is 10.6 Å². The van der Waals surface area contributed by atoms with E-state index in [0.29, 0.717) is 4.91 Å². The van der Waals surface area contributed by atoms with Gasteiger partial charge in [0.2, 0.25) is 5.91 Å². The maximum Gasteiger partial charge on any atom is 0.356 e. The Kier molecular flexibility index (Phi) is 5.99. The normalized spacial score (nSPS) is 24.7. The predicted molar refractivity (Wildman–Crippen MR) is 109 cm³/mol. The molecule has 0 aromatic carbocycles. The Labute approximate surface area is 167 Å². The van der Waals surface area contributed by atoms with Gasteiger partial charge >= 0.3 is 5.97 Å². The number of nitrogens with zero attached hydrogens (tertiary/aromatic N) is 1. The van der Waals surface area contributed by atoms with Crippen LogP contribution in [0.5, 0.6) is 0 Å². The maximum atomic E-state index is 12.9. The molecule has 8 heteroatoms. The third kappa shape index (κ3) is 4.28. The molecule has 0 aromatic rings. The van der Waals surface area contributed by atoms with Gasteiger partial charge in [0, 0.05) is 4.91 Å². The van der Waals surface area contributed by atoms with Crippen LogP contribution in [-0.4, -0.2) is 53.9 Å². The second-order valence-corrected chi connectivity index (χ2v) is 15.7. The van der Waals surface area contributed by atoms with Crippen molar-refractivity contribution in [3.63, 3.8) is 0 Å². The van der Waals surface area contributed by atoms with E-state index < -0.39 is 19.9 Å². The molecule has 0 bridgehead atoms. The van der Waals surface area contributed by atoms with Gasteiger partial charge in [-0.25, -0.2) is 4.79 Å². The monoisotopic (exact) mass is 415 g/mol. The van der Waals surface area contributed by atoms with Crippen molar-refractivity contribution in [3.8, 4) is 0 Å². The highest BCUT2D eigenvalue weighted by Gasteiger charge is 2.59. The molecule has 2 heterocycles. The van der Waals surface area contributed by atoms with Crippen molar-refractivity contribution < 1.29 is 23.9 Å². The smallest absolute Gasteiger partial charge is 0.356 e. The Morgan fingerprint density at radius 3 is 2.26 bits per heavy atom. The minimum Gasteiger partial charge on any atom is -0.455 e. The molecule has 0 saturated carbocycles. The van der Waals surface area contributed by atoms with E-state index in [9.17, 15) is 14.7 Å². The molecule has 2 aliphatic rings. The number of carbonyl (C=O) groups is 2. The molecule has 1 amide bonds. The summed E-state index contributed by atoms with van der Waals surface area (Å²) in [6.45, 7) is 17.8. The van der Waals surface area contributed by atoms with Gasteiger partial charge in [-0.15, -0.1) is 0 Å². The lowest BCUT2D eigenvalue weighted by Gasteiger charge is -2.48. The molecular formula is C19H33NO5SSi. The lowest BCUT2D eigenvalue weighted by atomic mass is 9.92. The van der Waals surface area contributed by atoms with Crippen LogP contribution in [0.25, 0.3) is 0 Å². The first-order chi connectivity index (χ1) is 12.1. The number of fused-ring (bicyclic) bond motifs is 1. The van der Waals surface area contributed by atoms with Crippen molar-refractivity contribution in [2.24, 2.45) is 5.92 Å². The number of hydrogen-bond acceptors (Lipinski definition) is 6. The Bertz CT molecular complexity index is 662. The summed E-state index contributed by atoms with van der Waals surface area (Å²) in [7, 11) is -2.02. The van der Waals surface area contributed by atoms with Crippen LogP contribution in [0.4, 0.5) is 0 Å². The van der Waals surface area contributed by atoms with Crippen molar-refractivity contribution in [3.05, 3.63) is 10.6 Å². The number of amides is 1. The molecule has 154 valence electrons. The molecule has 0 aromatic heterocycles. The standard InChI is InChI=1S/C19H33NO5SSi/c1-11(25-27(8,9)19(5,6)7)13-15(22)20-14(12(10-21)26-16(13)20)17(23)24-18(2,3)4/h11,13,16,21H,10H2,1-9H3/t11-,13?,16?/m1/s1. The van der Waals surface area contributed by atoms with Gasteiger partial charge in [-0.2, -0.15) is 0 Å². The van der Waals surface area contributed by atoms with E-state index in [-0.39, 0.29) is 40.6 Å². The fourth-order valence-corrected chi connectivity index (χ4v) is 5.87. The summed E-state index contributed by atoms with van der Waals surface area (Å²) in [6, 6.07) is 0. The third-order valence-electron chi connectivity index (χ3n) is 5.38. The summed E-state index contributed by atoms with van der Waals surface area (Å²) in [4.78, 5) is 27.4. The third-order valence-corrected chi connectivity index (χ3v) is 11.3. The Morgan fingerprint density at radius 2 is 1.81 bits per heavy atom. The van der Waals surface area contributed by atoms with Gasteiger partial charge in [0.15, 0.2) is 8.32 Å². The zero-order chi connectivity index (χ0) is 20.9. The van der Waals surface area contributed by atoms with E-state index >= 15 is 0 Å². The van der Waals surface area contributed by atoms with Gasteiger partial charge in [0.05, 0.1) is 18.6 Å². The molecule has 6 nitrogen and oxygen atoms in total. The topological polar surface area (TPSA) is 76.1 Å². The predicted octanol–water partition coefficient (Wildman–Crippen LogP) is 3.47. The second kappa shape index (κ2) is 7.20. The molecule has 0 radical (unpaired) electrons. The lowest BCUT2D eigenvalue weighted by Crippen LogP contribution is -2.62. The number of hydrogen-bond donors (Lipinski definition) is 1. The number of β-lactam (4-membered cyclic amide) rings is 1. The number of aliphatic hydroxyl groups excluding tert-OH is 1. The number of carbonyl (C=O) groups excluding carboxylic acids is 2. The van der Waals surface area contributed by atoms with Gasteiger partial charge < -0.3 is 14.3 Å². The second-order valence-electron chi connectivity index (χ2n) is 9.76. The maximum absolute atomic E-state index is 12.9. The first-order valence-corrected chi connectivity index (χ1v) is 13.1. The van der Waals surface area contributed by atoms with Gasteiger partial charge in [-0.1, -0.05) is 32.5 Å². The molecule has 2 aliphatic heterocycles. The van der Waals surface area contributed by atoms with E-state index in [0.717, 1.165) is 0 Å². The summed E-state index contributed by atoms with van der Waals surface area (Å²) in [5.74, 6) is -1.03. The highest BCUT2D eigenvalue weighted by atomic mass is 32.2. The number of thioether (sulfide) groups is 1. The van der Waals surface area contributed by atoms with E-state index in [1.807, 2.05) is 6.92 Å². The molecular weight excluding hydrogens is 382 g/mol. The largest absolute Gasteiger partial charge is 0.455 e. The number of ether oxygens (including phenoxy) is 1. The highest BCUT2D eigenvalue weighted by molar-refractivity contribution is 8.04. The fourth-order valence-electron chi connectivity index (χ4n) is 2.98. The average Bonchev–Trinajstić information content (AvgIpc) is 2.78. The van der Waals surface area contributed by atoms with E-state index in [4.69, 9.17) is 9.16 Å². The summed E-state index contributed by atoms with van der Waals surface area (Å²) >= 11 is 1.37. The van der Waals surface area contributed by atoms with Crippen LogP contribution in [-0.2, 0) is 18.8 Å². The van der Waals surface area contributed by atoms with Gasteiger partial charge in [-0.3, -0.25) is 9.69 Å². The van der Waals surface area contributed by atoms with E-state index in [1.165, 1.54) is 16.7 Å². The minimum absolute atomic E-state index is 0.0484. The molecule has 0 aliphatic carbocycles. The molecule has 27 heavy (non-hydrogen) atoms. The van der Waals surface area contributed by atoms with Crippen LogP contribution in [0, 0.1) is 5.92 Å². The van der Waals surface area contributed by atoms with Crippen LogP contribution in [0.2, 0.25) is 18.1 Å². The van der Waals surface area contributed by atoms with Gasteiger partial charge in [-0.05, 0) is 45.8 Å². The molecule has 2 rings (SSSR count).